The van der Waals surface area contributed by atoms with Gasteiger partial charge in [0.05, 0.1) is 32.8 Å². The first-order valence-corrected chi connectivity index (χ1v) is 15.1. The predicted molar refractivity (Wildman–Crippen MR) is 164 cm³/mol. The lowest BCUT2D eigenvalue weighted by Gasteiger charge is -2.18. The second kappa shape index (κ2) is 19.8. The fraction of sp³-hybridized carbons (Fsp3) is 0.484. The summed E-state index contributed by atoms with van der Waals surface area (Å²) in [6, 6.07) is 13.3. The first-order valence-electron chi connectivity index (χ1n) is 15.1. The number of nitrogens with two attached hydrogens (primary N) is 1. The molecule has 0 radical (unpaired) electrons. The number of carbonyl (C=O) groups excluding carboxylic acids is 4. The van der Waals surface area contributed by atoms with Crippen LogP contribution in [0, 0.1) is 0 Å². The Hall–Kier alpha value is -4.57. The third-order valence-corrected chi connectivity index (χ3v) is 6.40. The van der Waals surface area contributed by atoms with E-state index < -0.39 is 35.8 Å². The number of halogens is 3. The lowest BCUT2D eigenvalue weighted by atomic mass is 10.0. The Morgan fingerprint density at radius 1 is 0.851 bits per heavy atom. The van der Waals surface area contributed by atoms with Crippen molar-refractivity contribution in [2.75, 3.05) is 39.5 Å². The molecule has 3 rings (SSSR count). The van der Waals surface area contributed by atoms with Gasteiger partial charge in [-0.3, -0.25) is 14.4 Å². The number of rotatable bonds is 19. The van der Waals surface area contributed by atoms with E-state index >= 15 is 0 Å². The van der Waals surface area contributed by atoms with E-state index in [1.807, 2.05) is 19.9 Å². The number of hydrogen-bond donors (Lipinski definition) is 4. The molecule has 0 saturated carbocycles. The zero-order valence-corrected chi connectivity index (χ0v) is 26.3. The fourth-order valence-electron chi connectivity index (χ4n) is 3.96. The van der Waals surface area contributed by atoms with Crippen molar-refractivity contribution in [3.63, 3.8) is 0 Å². The normalized spacial score (nSPS) is 13.4. The number of benzene rings is 2. The molecule has 1 atom stereocenters. The molecule has 2 aromatic rings. The average Bonchev–Trinajstić information content (AvgIpc) is 3.87. The Kier molecular flexibility index (Phi) is 16.3. The highest BCUT2D eigenvalue weighted by Gasteiger charge is 2.65. The molecule has 0 aromatic heterocycles. The molecule has 16 heteroatoms. The minimum Gasteiger partial charge on any atom is -0.445 e. The third kappa shape index (κ3) is 13.8. The molecule has 0 fully saturated rings. The molecule has 1 heterocycles. The molecule has 258 valence electrons. The molecular weight excluding hydrogens is 625 g/mol. The molecule has 1 unspecified atom stereocenters. The SMILES string of the molecule is CC.NC(=O)CCC(NC(=O)OCc1ccccc1)C(=O)NCCOCCOCCNC(=O)Cc1ccc(C2(C(F)(F)F)N=N2)cc1. The molecule has 1 aliphatic heterocycles. The van der Waals surface area contributed by atoms with Gasteiger partial charge in [0.1, 0.15) is 12.6 Å². The van der Waals surface area contributed by atoms with Crippen molar-refractivity contribution in [1.82, 2.24) is 16.0 Å². The minimum absolute atomic E-state index is 0.00511. The van der Waals surface area contributed by atoms with Gasteiger partial charge in [0.15, 0.2) is 0 Å². The highest BCUT2D eigenvalue weighted by Crippen LogP contribution is 2.52. The van der Waals surface area contributed by atoms with Crippen LogP contribution in [0.2, 0.25) is 0 Å². The molecule has 2 aromatic carbocycles. The van der Waals surface area contributed by atoms with Crippen LogP contribution in [-0.2, 0) is 47.3 Å². The summed E-state index contributed by atoms with van der Waals surface area (Å²) in [7, 11) is 0. The van der Waals surface area contributed by atoms with E-state index in [2.05, 4.69) is 26.2 Å². The Balaban J connectivity index is 0.00000376. The summed E-state index contributed by atoms with van der Waals surface area (Å²) < 4.78 is 55.2. The Labute approximate surface area is 270 Å². The molecule has 0 saturated heterocycles. The van der Waals surface area contributed by atoms with Gasteiger partial charge in [-0.1, -0.05) is 68.4 Å². The second-order valence-corrected chi connectivity index (χ2v) is 9.87. The number of amides is 4. The van der Waals surface area contributed by atoms with Crippen LogP contribution in [-0.4, -0.2) is 75.5 Å². The van der Waals surface area contributed by atoms with Gasteiger partial charge in [-0.25, -0.2) is 4.79 Å². The average molecular weight is 667 g/mol. The lowest BCUT2D eigenvalue weighted by Crippen LogP contribution is -2.48. The monoisotopic (exact) mass is 666 g/mol. The predicted octanol–water partition coefficient (Wildman–Crippen LogP) is 3.26. The van der Waals surface area contributed by atoms with Crippen molar-refractivity contribution in [1.29, 1.82) is 0 Å². The summed E-state index contributed by atoms with van der Waals surface area (Å²) in [6.45, 7) is 5.15. The Morgan fingerprint density at radius 2 is 1.45 bits per heavy atom. The topological polar surface area (TPSA) is 183 Å². The molecule has 1 aliphatic rings. The first-order chi connectivity index (χ1) is 22.5. The number of alkyl halides is 3. The number of primary amides is 1. The van der Waals surface area contributed by atoms with Crippen LogP contribution < -0.4 is 21.7 Å². The first kappa shape index (κ1) is 38.6. The molecule has 13 nitrogen and oxygen atoms in total. The second-order valence-electron chi connectivity index (χ2n) is 9.87. The number of hydrogen-bond acceptors (Lipinski definition) is 9. The molecular formula is C31H41F3N6O7. The van der Waals surface area contributed by atoms with Gasteiger partial charge in [0.2, 0.25) is 17.7 Å². The van der Waals surface area contributed by atoms with E-state index in [1.54, 1.807) is 24.3 Å². The molecule has 5 N–H and O–H groups in total. The fourth-order valence-corrected chi connectivity index (χ4v) is 3.96. The van der Waals surface area contributed by atoms with E-state index in [0.29, 0.717) is 5.56 Å². The van der Waals surface area contributed by atoms with Crippen LogP contribution in [0.1, 0.15) is 43.4 Å². The minimum atomic E-state index is -4.61. The zero-order valence-electron chi connectivity index (χ0n) is 26.3. The highest BCUT2D eigenvalue weighted by atomic mass is 19.4. The van der Waals surface area contributed by atoms with Crippen LogP contribution in [0.15, 0.2) is 64.8 Å². The van der Waals surface area contributed by atoms with Gasteiger partial charge in [-0.15, -0.1) is 10.2 Å². The maximum absolute atomic E-state index is 13.1. The van der Waals surface area contributed by atoms with Crippen LogP contribution in [0.25, 0.3) is 0 Å². The number of nitrogens with zero attached hydrogens (tertiary/aromatic N) is 2. The van der Waals surface area contributed by atoms with Gasteiger partial charge in [0.25, 0.3) is 0 Å². The molecule has 0 bridgehead atoms. The van der Waals surface area contributed by atoms with Gasteiger partial charge in [-0.2, -0.15) is 13.2 Å². The van der Waals surface area contributed by atoms with Crippen LogP contribution in [0.4, 0.5) is 18.0 Å². The van der Waals surface area contributed by atoms with Crippen molar-refractivity contribution >= 4 is 23.8 Å². The quantitative estimate of drug-likeness (QED) is 0.166. The standard InChI is InChI=1S/C29H35F3N6O7.C2H6/c30-29(31,32)28(37-38-28)22-8-6-20(7-9-22)18-25(40)34-12-14-43-16-17-44-15-13-35-26(41)23(10-11-24(33)39)36-27(42)45-19-21-4-2-1-3-5-21;1-2/h1-9,23H,10-19H2,(H2,33,39)(H,34,40)(H,35,41)(H,36,42);1-2H3. The number of nitrogens with one attached hydrogen (secondary N) is 3. The summed E-state index contributed by atoms with van der Waals surface area (Å²) in [4.78, 5) is 48.0. The van der Waals surface area contributed by atoms with E-state index in [-0.39, 0.29) is 76.9 Å². The van der Waals surface area contributed by atoms with E-state index in [1.165, 1.54) is 24.3 Å². The van der Waals surface area contributed by atoms with Crippen LogP contribution >= 0.6 is 0 Å². The van der Waals surface area contributed by atoms with Crippen LogP contribution in [0.3, 0.4) is 0 Å². The summed E-state index contributed by atoms with van der Waals surface area (Å²) in [6.07, 6.45) is -5.56. The lowest BCUT2D eigenvalue weighted by molar-refractivity contribution is -0.166. The maximum Gasteiger partial charge on any atom is 0.442 e. The molecule has 47 heavy (non-hydrogen) atoms. The largest absolute Gasteiger partial charge is 0.445 e. The number of alkyl carbamates (subject to hydrolysis) is 1. The van der Waals surface area contributed by atoms with Gasteiger partial charge >= 0.3 is 17.9 Å². The van der Waals surface area contributed by atoms with E-state index in [0.717, 1.165) is 5.56 Å². The summed E-state index contributed by atoms with van der Waals surface area (Å²) in [5.74, 6) is -1.47. The summed E-state index contributed by atoms with van der Waals surface area (Å²) >= 11 is 0. The highest BCUT2D eigenvalue weighted by molar-refractivity contribution is 5.86. The molecule has 0 aliphatic carbocycles. The summed E-state index contributed by atoms with van der Waals surface area (Å²) in [5.41, 5.74) is 3.89. The van der Waals surface area contributed by atoms with Gasteiger partial charge in [-0.05, 0) is 17.5 Å². The van der Waals surface area contributed by atoms with E-state index in [9.17, 15) is 32.3 Å². The van der Waals surface area contributed by atoms with Crippen molar-refractivity contribution in [2.24, 2.45) is 16.0 Å². The molecule has 4 amide bonds. The van der Waals surface area contributed by atoms with Crippen molar-refractivity contribution in [3.05, 3.63) is 71.3 Å². The smallest absolute Gasteiger partial charge is 0.442 e. The van der Waals surface area contributed by atoms with Gasteiger partial charge in [0, 0.05) is 25.1 Å². The Morgan fingerprint density at radius 3 is 2.00 bits per heavy atom. The maximum atomic E-state index is 13.1. The number of ether oxygens (including phenoxy) is 3. The Bertz CT molecular complexity index is 1300. The summed E-state index contributed by atoms with van der Waals surface area (Å²) in [5, 5.41) is 14.0. The van der Waals surface area contributed by atoms with Gasteiger partial charge < -0.3 is 35.9 Å². The van der Waals surface area contributed by atoms with Crippen molar-refractivity contribution in [3.8, 4) is 0 Å². The number of carbonyl (C=O) groups is 4. The molecule has 0 spiro atoms. The van der Waals surface area contributed by atoms with Crippen molar-refractivity contribution in [2.45, 2.75) is 57.6 Å². The van der Waals surface area contributed by atoms with E-state index in [4.69, 9.17) is 19.9 Å². The van der Waals surface area contributed by atoms with Crippen LogP contribution in [0.5, 0.6) is 0 Å². The zero-order chi connectivity index (χ0) is 34.7. The van der Waals surface area contributed by atoms with Crippen molar-refractivity contribution < 1.29 is 46.6 Å². The third-order valence-electron chi connectivity index (χ3n) is 6.40.